The average Bonchev–Trinajstić information content (AvgIpc) is 2.93. The van der Waals surface area contributed by atoms with Gasteiger partial charge in [-0.05, 0) is 37.1 Å². The van der Waals surface area contributed by atoms with Crippen LogP contribution in [0, 0.1) is 0 Å². The molecular weight excluding hydrogens is 489 g/mol. The van der Waals surface area contributed by atoms with Crippen LogP contribution in [-0.4, -0.2) is 51.8 Å². The number of hydrogen-bond donors (Lipinski definition) is 1. The lowest BCUT2D eigenvalue weighted by molar-refractivity contribution is 0.380. The standard InChI is InChI=1S/C19H26ClN7.HI/c20-15-5-7-16(8-6-15)25-10-12-26(13-11-25)19(21)22-14-18-24-23-17-4-2-1-3-9-27(17)18;/h5-8H,1-4,9-14H2,(H2,21,22);1H. The summed E-state index contributed by atoms with van der Waals surface area (Å²) in [5, 5.41) is 9.42. The summed E-state index contributed by atoms with van der Waals surface area (Å²) in [4.78, 5) is 9.09. The van der Waals surface area contributed by atoms with Crippen molar-refractivity contribution in [1.29, 1.82) is 0 Å². The zero-order valence-electron chi connectivity index (χ0n) is 15.9. The lowest BCUT2D eigenvalue weighted by Crippen LogP contribution is -2.51. The number of piperazine rings is 1. The number of hydrogen-bond acceptors (Lipinski definition) is 4. The van der Waals surface area contributed by atoms with Crippen molar-refractivity contribution in [3.8, 4) is 0 Å². The molecular formula is C19H27ClIN7. The number of fused-ring (bicyclic) bond motifs is 1. The summed E-state index contributed by atoms with van der Waals surface area (Å²) in [5.41, 5.74) is 7.45. The molecule has 0 spiro atoms. The molecule has 7 nitrogen and oxygen atoms in total. The highest BCUT2D eigenvalue weighted by atomic mass is 127. The molecule has 4 rings (SSSR count). The lowest BCUT2D eigenvalue weighted by atomic mass is 10.2. The lowest BCUT2D eigenvalue weighted by Gasteiger charge is -2.36. The first-order valence-corrected chi connectivity index (χ1v) is 10.0. The molecule has 1 aromatic carbocycles. The minimum Gasteiger partial charge on any atom is -0.370 e. The quantitative estimate of drug-likeness (QED) is 0.386. The van der Waals surface area contributed by atoms with Crippen molar-refractivity contribution >= 4 is 47.2 Å². The first kappa shape index (κ1) is 21.2. The van der Waals surface area contributed by atoms with Gasteiger partial charge in [0.25, 0.3) is 0 Å². The smallest absolute Gasteiger partial charge is 0.191 e. The molecule has 0 unspecified atom stereocenters. The Bertz CT molecular complexity index is 797. The van der Waals surface area contributed by atoms with Crippen LogP contribution in [0.1, 0.15) is 30.9 Å². The van der Waals surface area contributed by atoms with Crippen LogP contribution in [0.3, 0.4) is 0 Å². The zero-order chi connectivity index (χ0) is 18.6. The maximum absolute atomic E-state index is 6.26. The highest BCUT2D eigenvalue weighted by Gasteiger charge is 2.19. The van der Waals surface area contributed by atoms with Crippen molar-refractivity contribution < 1.29 is 0 Å². The molecule has 0 bridgehead atoms. The number of anilines is 1. The SMILES string of the molecule is I.NC(=NCc1nnc2n1CCCCC2)N1CCN(c2ccc(Cl)cc2)CC1. The Hall–Kier alpha value is -1.55. The summed E-state index contributed by atoms with van der Waals surface area (Å²) in [6, 6.07) is 7.99. The molecule has 1 aromatic heterocycles. The summed E-state index contributed by atoms with van der Waals surface area (Å²) in [7, 11) is 0. The van der Waals surface area contributed by atoms with E-state index in [-0.39, 0.29) is 24.0 Å². The number of aromatic nitrogens is 3. The van der Waals surface area contributed by atoms with E-state index in [1.54, 1.807) is 0 Å². The number of guanidine groups is 1. The Balaban J connectivity index is 0.00000225. The van der Waals surface area contributed by atoms with Gasteiger partial charge in [0.15, 0.2) is 11.8 Å². The normalized spacial score (nSPS) is 17.7. The molecule has 28 heavy (non-hydrogen) atoms. The van der Waals surface area contributed by atoms with Crippen LogP contribution < -0.4 is 10.6 Å². The molecule has 0 saturated carbocycles. The maximum Gasteiger partial charge on any atom is 0.191 e. The van der Waals surface area contributed by atoms with E-state index < -0.39 is 0 Å². The Labute approximate surface area is 188 Å². The van der Waals surface area contributed by atoms with Crippen molar-refractivity contribution in [2.24, 2.45) is 10.7 Å². The summed E-state index contributed by atoms with van der Waals surface area (Å²) in [5.74, 6) is 2.61. The van der Waals surface area contributed by atoms with Crippen molar-refractivity contribution in [2.45, 2.75) is 38.8 Å². The highest BCUT2D eigenvalue weighted by Crippen LogP contribution is 2.19. The second kappa shape index (κ2) is 9.78. The summed E-state index contributed by atoms with van der Waals surface area (Å²) < 4.78 is 2.22. The molecule has 0 aliphatic carbocycles. The fraction of sp³-hybridized carbons (Fsp3) is 0.526. The number of halogens is 2. The van der Waals surface area contributed by atoms with Gasteiger partial charge in [0.05, 0.1) is 0 Å². The Kier molecular flexibility index (Phi) is 7.39. The molecule has 2 aliphatic heterocycles. The van der Waals surface area contributed by atoms with Crippen LogP contribution in [0.15, 0.2) is 29.3 Å². The molecule has 0 atom stereocenters. The number of nitrogens with two attached hydrogens (primary N) is 1. The predicted molar refractivity (Wildman–Crippen MR) is 124 cm³/mol. The minimum absolute atomic E-state index is 0. The van der Waals surface area contributed by atoms with Crippen molar-refractivity contribution in [3.63, 3.8) is 0 Å². The van der Waals surface area contributed by atoms with Gasteiger partial charge < -0.3 is 20.1 Å². The third-order valence-electron chi connectivity index (χ3n) is 5.36. The number of nitrogens with zero attached hydrogens (tertiary/aromatic N) is 6. The monoisotopic (exact) mass is 515 g/mol. The third kappa shape index (κ3) is 4.89. The molecule has 9 heteroatoms. The third-order valence-corrected chi connectivity index (χ3v) is 5.62. The van der Waals surface area contributed by atoms with Crippen LogP contribution in [0.5, 0.6) is 0 Å². The maximum atomic E-state index is 6.26. The van der Waals surface area contributed by atoms with Gasteiger partial charge in [-0.3, -0.25) is 0 Å². The van der Waals surface area contributed by atoms with Crippen molar-refractivity contribution in [2.75, 3.05) is 31.1 Å². The molecule has 2 N–H and O–H groups in total. The van der Waals surface area contributed by atoms with Gasteiger partial charge in [-0.25, -0.2) is 4.99 Å². The first-order valence-electron chi connectivity index (χ1n) is 9.67. The van der Waals surface area contributed by atoms with E-state index in [4.69, 9.17) is 17.3 Å². The molecule has 1 saturated heterocycles. The van der Waals surface area contributed by atoms with E-state index in [2.05, 4.69) is 41.7 Å². The van der Waals surface area contributed by atoms with E-state index in [0.717, 1.165) is 55.8 Å². The fourth-order valence-electron chi connectivity index (χ4n) is 3.76. The number of aryl methyl sites for hydroxylation is 1. The number of aliphatic imine (C=N–C) groups is 1. The Morgan fingerprint density at radius 1 is 1.00 bits per heavy atom. The molecule has 152 valence electrons. The van der Waals surface area contributed by atoms with Crippen LogP contribution in [0.4, 0.5) is 5.69 Å². The zero-order valence-corrected chi connectivity index (χ0v) is 19.0. The van der Waals surface area contributed by atoms with E-state index in [0.29, 0.717) is 12.5 Å². The second-order valence-electron chi connectivity index (χ2n) is 7.12. The van der Waals surface area contributed by atoms with E-state index >= 15 is 0 Å². The Morgan fingerprint density at radius 2 is 1.75 bits per heavy atom. The highest BCUT2D eigenvalue weighted by molar-refractivity contribution is 14.0. The topological polar surface area (TPSA) is 75.6 Å². The molecule has 3 heterocycles. The fourth-order valence-corrected chi connectivity index (χ4v) is 3.89. The predicted octanol–water partition coefficient (Wildman–Crippen LogP) is 2.91. The summed E-state index contributed by atoms with van der Waals surface area (Å²) in [6.07, 6.45) is 4.65. The van der Waals surface area contributed by atoms with Gasteiger partial charge >= 0.3 is 0 Å². The van der Waals surface area contributed by atoms with Crippen molar-refractivity contribution in [3.05, 3.63) is 40.9 Å². The van der Waals surface area contributed by atoms with Gasteiger partial charge in [-0.1, -0.05) is 18.0 Å². The average molecular weight is 516 g/mol. The molecule has 2 aromatic rings. The Morgan fingerprint density at radius 3 is 2.50 bits per heavy atom. The van der Waals surface area contributed by atoms with Crippen LogP contribution in [0.25, 0.3) is 0 Å². The molecule has 2 aliphatic rings. The molecule has 1 fully saturated rings. The van der Waals surface area contributed by atoms with Crippen LogP contribution in [-0.2, 0) is 19.5 Å². The van der Waals surface area contributed by atoms with Crippen LogP contribution >= 0.6 is 35.6 Å². The summed E-state index contributed by atoms with van der Waals surface area (Å²) in [6.45, 7) is 5.03. The van der Waals surface area contributed by atoms with Gasteiger partial charge in [0.1, 0.15) is 12.4 Å². The molecule has 0 radical (unpaired) electrons. The number of benzene rings is 1. The number of rotatable bonds is 3. The molecule has 0 amide bonds. The minimum atomic E-state index is 0. The van der Waals surface area contributed by atoms with Gasteiger partial charge in [0.2, 0.25) is 0 Å². The first-order chi connectivity index (χ1) is 13.2. The van der Waals surface area contributed by atoms with Gasteiger partial charge in [0, 0.05) is 49.9 Å². The van der Waals surface area contributed by atoms with E-state index in [9.17, 15) is 0 Å². The van der Waals surface area contributed by atoms with Gasteiger partial charge in [-0.2, -0.15) is 0 Å². The van der Waals surface area contributed by atoms with E-state index in [1.807, 2.05) is 12.1 Å². The van der Waals surface area contributed by atoms with E-state index in [1.165, 1.54) is 24.9 Å². The van der Waals surface area contributed by atoms with Crippen molar-refractivity contribution in [1.82, 2.24) is 19.7 Å². The van der Waals surface area contributed by atoms with Crippen LogP contribution in [0.2, 0.25) is 5.02 Å². The largest absolute Gasteiger partial charge is 0.370 e. The summed E-state index contributed by atoms with van der Waals surface area (Å²) >= 11 is 5.98. The van der Waals surface area contributed by atoms with Gasteiger partial charge in [-0.15, -0.1) is 34.2 Å². The second-order valence-corrected chi connectivity index (χ2v) is 7.56.